The SMILES string of the molecule is O=C(OCc1ccccc1)c1ncc2c(ccc3c4ccccc4ccc23)n1. The van der Waals surface area contributed by atoms with Gasteiger partial charge in [-0.15, -0.1) is 0 Å². The van der Waals surface area contributed by atoms with Gasteiger partial charge in [0.25, 0.3) is 0 Å². The summed E-state index contributed by atoms with van der Waals surface area (Å²) in [5, 5.41) is 5.52. The number of rotatable bonds is 3. The number of hydrogen-bond acceptors (Lipinski definition) is 4. The molecule has 28 heavy (non-hydrogen) atoms. The Morgan fingerprint density at radius 1 is 0.750 bits per heavy atom. The summed E-state index contributed by atoms with van der Waals surface area (Å²) in [5.74, 6) is -0.451. The topological polar surface area (TPSA) is 52.1 Å². The number of benzene rings is 4. The second kappa shape index (κ2) is 6.74. The van der Waals surface area contributed by atoms with E-state index in [4.69, 9.17) is 4.74 Å². The maximum atomic E-state index is 12.4. The van der Waals surface area contributed by atoms with Crippen LogP contribution in [0.3, 0.4) is 0 Å². The molecule has 1 aromatic heterocycles. The molecule has 0 spiro atoms. The highest BCUT2D eigenvalue weighted by atomic mass is 16.5. The first-order chi connectivity index (χ1) is 13.8. The summed E-state index contributed by atoms with van der Waals surface area (Å²) in [6, 6.07) is 26.0. The summed E-state index contributed by atoms with van der Waals surface area (Å²) in [4.78, 5) is 21.0. The average molecular weight is 364 g/mol. The van der Waals surface area contributed by atoms with Crippen molar-refractivity contribution in [1.29, 1.82) is 0 Å². The highest BCUT2D eigenvalue weighted by Gasteiger charge is 2.13. The predicted molar refractivity (Wildman–Crippen MR) is 110 cm³/mol. The van der Waals surface area contributed by atoms with E-state index in [1.807, 2.05) is 54.6 Å². The minimum atomic E-state index is -0.524. The van der Waals surface area contributed by atoms with Crippen LogP contribution in [0.5, 0.6) is 0 Å². The van der Waals surface area contributed by atoms with E-state index in [2.05, 4.69) is 34.2 Å². The van der Waals surface area contributed by atoms with Crippen LogP contribution < -0.4 is 0 Å². The van der Waals surface area contributed by atoms with Crippen LogP contribution in [0, 0.1) is 0 Å². The lowest BCUT2D eigenvalue weighted by molar-refractivity contribution is 0.0458. The molecule has 0 N–H and O–H groups in total. The molecule has 0 bridgehead atoms. The molecule has 4 nitrogen and oxygen atoms in total. The van der Waals surface area contributed by atoms with Crippen molar-refractivity contribution in [2.45, 2.75) is 6.61 Å². The van der Waals surface area contributed by atoms with E-state index >= 15 is 0 Å². The van der Waals surface area contributed by atoms with Gasteiger partial charge in [-0.2, -0.15) is 0 Å². The number of ether oxygens (including phenoxy) is 1. The normalized spacial score (nSPS) is 11.1. The number of carbonyl (C=O) groups excluding carboxylic acids is 1. The first-order valence-electron chi connectivity index (χ1n) is 9.08. The Balaban J connectivity index is 1.51. The predicted octanol–water partition coefficient (Wildman–Crippen LogP) is 5.29. The van der Waals surface area contributed by atoms with Crippen molar-refractivity contribution in [3.8, 4) is 0 Å². The lowest BCUT2D eigenvalue weighted by atomic mass is 9.99. The van der Waals surface area contributed by atoms with E-state index < -0.39 is 5.97 Å². The third-order valence-electron chi connectivity index (χ3n) is 4.88. The molecule has 5 rings (SSSR count). The number of carbonyl (C=O) groups is 1. The van der Waals surface area contributed by atoms with Crippen molar-refractivity contribution in [2.24, 2.45) is 0 Å². The first-order valence-corrected chi connectivity index (χ1v) is 9.08. The molecule has 0 saturated heterocycles. The van der Waals surface area contributed by atoms with Crippen molar-refractivity contribution >= 4 is 38.4 Å². The average Bonchev–Trinajstić information content (AvgIpc) is 2.77. The van der Waals surface area contributed by atoms with Crippen LogP contribution in [-0.4, -0.2) is 15.9 Å². The molecule has 0 amide bonds. The standard InChI is InChI=1S/C24H16N2O2/c27-24(28-15-16-6-2-1-3-7-16)23-25-14-21-20-11-10-17-8-4-5-9-18(17)19(20)12-13-22(21)26-23/h1-14H,15H2. The zero-order valence-corrected chi connectivity index (χ0v) is 15.0. The van der Waals surface area contributed by atoms with Crippen LogP contribution in [-0.2, 0) is 11.3 Å². The molecule has 5 aromatic rings. The number of esters is 1. The van der Waals surface area contributed by atoms with Gasteiger partial charge in [0.15, 0.2) is 0 Å². The fraction of sp³-hybridized carbons (Fsp3) is 0.0417. The van der Waals surface area contributed by atoms with Crippen molar-refractivity contribution in [2.75, 3.05) is 0 Å². The van der Waals surface area contributed by atoms with Gasteiger partial charge in [-0.1, -0.05) is 72.8 Å². The largest absolute Gasteiger partial charge is 0.455 e. The Morgan fingerprint density at radius 3 is 2.39 bits per heavy atom. The Bertz CT molecular complexity index is 1330. The van der Waals surface area contributed by atoms with Gasteiger partial charge in [0.05, 0.1) is 5.52 Å². The molecule has 0 saturated carbocycles. The Morgan fingerprint density at radius 2 is 1.50 bits per heavy atom. The van der Waals surface area contributed by atoms with Crippen molar-refractivity contribution in [3.63, 3.8) is 0 Å². The van der Waals surface area contributed by atoms with Crippen LogP contribution in [0.25, 0.3) is 32.4 Å². The van der Waals surface area contributed by atoms with E-state index in [1.165, 1.54) is 10.8 Å². The van der Waals surface area contributed by atoms with Gasteiger partial charge in [0.1, 0.15) is 6.61 Å². The van der Waals surface area contributed by atoms with E-state index in [-0.39, 0.29) is 12.4 Å². The molecule has 0 atom stereocenters. The molecular weight excluding hydrogens is 348 g/mol. The third kappa shape index (κ3) is 2.85. The highest BCUT2D eigenvalue weighted by Crippen LogP contribution is 2.30. The summed E-state index contributed by atoms with van der Waals surface area (Å²) in [6.07, 6.45) is 1.71. The van der Waals surface area contributed by atoms with Crippen molar-refractivity contribution in [3.05, 3.63) is 96.4 Å². The molecule has 4 heteroatoms. The van der Waals surface area contributed by atoms with Crippen molar-refractivity contribution in [1.82, 2.24) is 9.97 Å². The van der Waals surface area contributed by atoms with Gasteiger partial charge >= 0.3 is 5.97 Å². The Labute approximate surface area is 161 Å². The van der Waals surface area contributed by atoms with Crippen LogP contribution in [0.2, 0.25) is 0 Å². The minimum absolute atomic E-state index is 0.0728. The molecular formula is C24H16N2O2. The minimum Gasteiger partial charge on any atom is -0.455 e. The summed E-state index contributed by atoms with van der Waals surface area (Å²) >= 11 is 0. The molecule has 0 fully saturated rings. The van der Waals surface area contributed by atoms with Gasteiger partial charge in [0.2, 0.25) is 5.82 Å². The van der Waals surface area contributed by atoms with Gasteiger partial charge in [-0.05, 0) is 33.2 Å². The number of aromatic nitrogens is 2. The molecule has 1 heterocycles. The monoisotopic (exact) mass is 364 g/mol. The Kier molecular flexibility index (Phi) is 3.95. The van der Waals surface area contributed by atoms with Gasteiger partial charge < -0.3 is 4.74 Å². The van der Waals surface area contributed by atoms with Gasteiger partial charge in [0, 0.05) is 11.6 Å². The molecule has 0 aliphatic carbocycles. The van der Waals surface area contributed by atoms with Crippen LogP contribution in [0.15, 0.2) is 85.1 Å². The first kappa shape index (κ1) is 16.4. The quantitative estimate of drug-likeness (QED) is 0.322. The second-order valence-corrected chi connectivity index (χ2v) is 6.64. The summed E-state index contributed by atoms with van der Waals surface area (Å²) in [5.41, 5.74) is 1.65. The number of nitrogens with zero attached hydrogens (tertiary/aromatic N) is 2. The zero-order chi connectivity index (χ0) is 18.9. The smallest absolute Gasteiger partial charge is 0.376 e. The lowest BCUT2D eigenvalue weighted by Crippen LogP contribution is -2.09. The van der Waals surface area contributed by atoms with Crippen LogP contribution in [0.1, 0.15) is 16.2 Å². The highest BCUT2D eigenvalue weighted by molar-refractivity contribution is 6.16. The molecule has 4 aromatic carbocycles. The van der Waals surface area contributed by atoms with Crippen LogP contribution in [0.4, 0.5) is 0 Å². The fourth-order valence-electron chi connectivity index (χ4n) is 3.49. The zero-order valence-electron chi connectivity index (χ0n) is 15.0. The van der Waals surface area contributed by atoms with Gasteiger partial charge in [-0.25, -0.2) is 14.8 Å². The summed E-state index contributed by atoms with van der Waals surface area (Å²) in [6.45, 7) is 0.199. The molecule has 134 valence electrons. The van der Waals surface area contributed by atoms with E-state index in [9.17, 15) is 4.79 Å². The summed E-state index contributed by atoms with van der Waals surface area (Å²) < 4.78 is 5.34. The molecule has 0 radical (unpaired) electrons. The lowest BCUT2D eigenvalue weighted by Gasteiger charge is -2.08. The molecule has 0 aliphatic rings. The third-order valence-corrected chi connectivity index (χ3v) is 4.88. The maximum Gasteiger partial charge on any atom is 0.376 e. The number of fused-ring (bicyclic) bond motifs is 5. The molecule has 0 unspecified atom stereocenters. The van der Waals surface area contributed by atoms with Gasteiger partial charge in [-0.3, -0.25) is 0 Å². The van der Waals surface area contributed by atoms with Crippen molar-refractivity contribution < 1.29 is 9.53 Å². The summed E-state index contributed by atoms with van der Waals surface area (Å²) in [7, 11) is 0. The van der Waals surface area contributed by atoms with E-state index in [0.717, 1.165) is 27.2 Å². The Hall–Kier alpha value is -3.79. The van der Waals surface area contributed by atoms with E-state index in [1.54, 1.807) is 6.20 Å². The second-order valence-electron chi connectivity index (χ2n) is 6.64. The molecule has 0 aliphatic heterocycles. The maximum absolute atomic E-state index is 12.4. The fourth-order valence-corrected chi connectivity index (χ4v) is 3.49. The van der Waals surface area contributed by atoms with Crippen LogP contribution >= 0.6 is 0 Å². The van der Waals surface area contributed by atoms with E-state index in [0.29, 0.717) is 0 Å². The number of hydrogen-bond donors (Lipinski definition) is 0.